The standard InChI is InChI=1S/C23H20N2O5/c1-23(2)16-10-13(30-9-3-8-26)5-7-14(16)20(27)18-15-6-4-12(11-24)17(22(28)29)19(15)25-21(18)23/h4-7,10,25-26H,3,8-9H2,1-2H3,(H,28,29). The van der Waals surface area contributed by atoms with E-state index in [-0.39, 0.29) is 29.0 Å². The lowest BCUT2D eigenvalue weighted by Gasteiger charge is -2.32. The lowest BCUT2D eigenvalue weighted by atomic mass is 9.71. The van der Waals surface area contributed by atoms with E-state index in [0.29, 0.717) is 41.0 Å². The third kappa shape index (κ3) is 2.77. The minimum absolute atomic E-state index is 0.0317. The van der Waals surface area contributed by atoms with Crippen LogP contribution in [0.5, 0.6) is 5.75 Å². The fourth-order valence-corrected chi connectivity index (χ4v) is 4.14. The number of carboxylic acids is 1. The van der Waals surface area contributed by atoms with E-state index in [2.05, 4.69) is 4.98 Å². The van der Waals surface area contributed by atoms with Gasteiger partial charge in [0.1, 0.15) is 17.4 Å². The van der Waals surface area contributed by atoms with Gasteiger partial charge in [-0.15, -0.1) is 0 Å². The molecule has 3 N–H and O–H groups in total. The Morgan fingerprint density at radius 1 is 1.27 bits per heavy atom. The quantitative estimate of drug-likeness (QED) is 0.560. The van der Waals surface area contributed by atoms with E-state index in [0.717, 1.165) is 5.56 Å². The number of fused-ring (bicyclic) bond motifs is 4. The highest BCUT2D eigenvalue weighted by Crippen LogP contribution is 2.45. The van der Waals surface area contributed by atoms with Gasteiger partial charge in [-0.3, -0.25) is 4.79 Å². The average Bonchev–Trinajstić information content (AvgIpc) is 3.12. The van der Waals surface area contributed by atoms with Crippen molar-refractivity contribution in [3.05, 3.63) is 63.8 Å². The molecule has 152 valence electrons. The van der Waals surface area contributed by atoms with Gasteiger partial charge in [-0.05, 0) is 29.8 Å². The van der Waals surface area contributed by atoms with Crippen LogP contribution in [0.15, 0.2) is 30.3 Å². The Bertz CT molecular complexity index is 1250. The van der Waals surface area contributed by atoms with Crippen molar-refractivity contribution >= 4 is 22.7 Å². The first-order valence-corrected chi connectivity index (χ1v) is 9.56. The maximum atomic E-state index is 13.4. The van der Waals surface area contributed by atoms with Gasteiger partial charge in [-0.25, -0.2) is 4.79 Å². The second-order valence-electron chi connectivity index (χ2n) is 7.79. The molecule has 1 heterocycles. The number of hydrogen-bond donors (Lipinski definition) is 3. The van der Waals surface area contributed by atoms with Crippen LogP contribution in [0, 0.1) is 11.3 Å². The zero-order valence-corrected chi connectivity index (χ0v) is 16.6. The molecule has 0 bridgehead atoms. The largest absolute Gasteiger partial charge is 0.493 e. The number of nitriles is 1. The lowest BCUT2D eigenvalue weighted by molar-refractivity contribution is 0.0698. The number of carbonyl (C=O) groups excluding carboxylic acids is 1. The fourth-order valence-electron chi connectivity index (χ4n) is 4.14. The van der Waals surface area contributed by atoms with E-state index < -0.39 is 11.4 Å². The van der Waals surface area contributed by atoms with E-state index in [1.807, 2.05) is 26.0 Å². The Morgan fingerprint density at radius 3 is 2.70 bits per heavy atom. The minimum atomic E-state index is -1.22. The molecule has 7 heteroatoms. The van der Waals surface area contributed by atoms with E-state index in [1.54, 1.807) is 18.2 Å². The third-order valence-electron chi connectivity index (χ3n) is 5.64. The summed E-state index contributed by atoms with van der Waals surface area (Å²) >= 11 is 0. The molecule has 0 aliphatic heterocycles. The van der Waals surface area contributed by atoms with Gasteiger partial charge >= 0.3 is 5.97 Å². The first kappa shape index (κ1) is 19.7. The number of aromatic nitrogens is 1. The predicted molar refractivity (Wildman–Crippen MR) is 109 cm³/mol. The minimum Gasteiger partial charge on any atom is -0.493 e. The Kier molecular flexibility index (Phi) is 4.60. The van der Waals surface area contributed by atoms with Crippen molar-refractivity contribution in [1.29, 1.82) is 5.26 Å². The number of aromatic carboxylic acids is 1. The number of nitrogens with one attached hydrogen (secondary N) is 1. The van der Waals surface area contributed by atoms with Crippen molar-refractivity contribution in [2.24, 2.45) is 0 Å². The maximum absolute atomic E-state index is 13.4. The summed E-state index contributed by atoms with van der Waals surface area (Å²) in [5.74, 6) is -0.827. The second kappa shape index (κ2) is 7.01. The summed E-state index contributed by atoms with van der Waals surface area (Å²) in [5, 5.41) is 28.4. The second-order valence-corrected chi connectivity index (χ2v) is 7.79. The van der Waals surface area contributed by atoms with Crippen LogP contribution in [0.2, 0.25) is 0 Å². The molecule has 0 radical (unpaired) electrons. The summed E-state index contributed by atoms with van der Waals surface area (Å²) < 4.78 is 5.67. The number of carboxylic acid groups (broad SMARTS) is 1. The number of aliphatic hydroxyl groups is 1. The zero-order valence-electron chi connectivity index (χ0n) is 16.6. The van der Waals surface area contributed by atoms with Gasteiger partial charge in [0.2, 0.25) is 0 Å². The molecule has 0 unspecified atom stereocenters. The summed E-state index contributed by atoms with van der Waals surface area (Å²) in [7, 11) is 0. The fraction of sp³-hybridized carbons (Fsp3) is 0.261. The highest BCUT2D eigenvalue weighted by Gasteiger charge is 2.40. The number of carbonyl (C=O) groups is 2. The SMILES string of the molecule is CC1(C)c2cc(OCCCO)ccc2C(=O)c2c1[nH]c1c(C(=O)O)c(C#N)ccc21. The number of benzene rings is 2. The molecular formula is C23H20N2O5. The summed E-state index contributed by atoms with van der Waals surface area (Å²) in [4.78, 5) is 28.4. The molecule has 1 aromatic heterocycles. The first-order chi connectivity index (χ1) is 14.3. The summed E-state index contributed by atoms with van der Waals surface area (Å²) in [6, 6.07) is 10.2. The lowest BCUT2D eigenvalue weighted by Crippen LogP contribution is -2.30. The van der Waals surface area contributed by atoms with Crippen LogP contribution >= 0.6 is 0 Å². The number of hydrogen-bond acceptors (Lipinski definition) is 5. The molecule has 4 rings (SSSR count). The number of H-pyrrole nitrogens is 1. The predicted octanol–water partition coefficient (Wildman–Crippen LogP) is 3.37. The van der Waals surface area contributed by atoms with Crippen LogP contribution in [0.1, 0.15) is 63.4 Å². The van der Waals surface area contributed by atoms with Gasteiger partial charge in [-0.2, -0.15) is 5.26 Å². The number of nitrogens with zero attached hydrogens (tertiary/aromatic N) is 1. The third-order valence-corrected chi connectivity index (χ3v) is 5.64. The van der Waals surface area contributed by atoms with Crippen molar-refractivity contribution in [2.45, 2.75) is 25.7 Å². The van der Waals surface area contributed by atoms with Crippen molar-refractivity contribution in [1.82, 2.24) is 4.98 Å². The molecule has 0 saturated carbocycles. The molecular weight excluding hydrogens is 384 g/mol. The molecule has 7 nitrogen and oxygen atoms in total. The number of aromatic amines is 1. The van der Waals surface area contributed by atoms with Crippen molar-refractivity contribution < 1.29 is 24.5 Å². The highest BCUT2D eigenvalue weighted by atomic mass is 16.5. The number of rotatable bonds is 5. The van der Waals surface area contributed by atoms with Gasteiger partial charge < -0.3 is 19.9 Å². The van der Waals surface area contributed by atoms with Crippen molar-refractivity contribution in [2.75, 3.05) is 13.2 Å². The summed E-state index contributed by atoms with van der Waals surface area (Å²) in [6.45, 7) is 4.30. The molecule has 1 aliphatic rings. The van der Waals surface area contributed by atoms with Gasteiger partial charge in [0.15, 0.2) is 5.78 Å². The van der Waals surface area contributed by atoms with E-state index in [1.165, 1.54) is 6.07 Å². The molecule has 3 aromatic rings. The molecule has 0 atom stereocenters. The van der Waals surface area contributed by atoms with Crippen LogP contribution in [-0.4, -0.2) is 40.2 Å². The topological polar surface area (TPSA) is 123 Å². The summed E-state index contributed by atoms with van der Waals surface area (Å²) in [5.41, 5.74) is 1.90. The van der Waals surface area contributed by atoms with E-state index in [9.17, 15) is 20.0 Å². The Labute approximate surface area is 172 Å². The molecule has 0 amide bonds. The Morgan fingerprint density at radius 2 is 2.03 bits per heavy atom. The van der Waals surface area contributed by atoms with Gasteiger partial charge in [0.05, 0.1) is 23.3 Å². The van der Waals surface area contributed by atoms with Crippen LogP contribution < -0.4 is 4.74 Å². The monoisotopic (exact) mass is 404 g/mol. The zero-order chi connectivity index (χ0) is 21.6. The average molecular weight is 404 g/mol. The molecule has 0 fully saturated rings. The molecule has 2 aromatic carbocycles. The smallest absolute Gasteiger partial charge is 0.339 e. The first-order valence-electron chi connectivity index (χ1n) is 9.56. The van der Waals surface area contributed by atoms with Crippen LogP contribution in [0.4, 0.5) is 0 Å². The van der Waals surface area contributed by atoms with E-state index in [4.69, 9.17) is 9.84 Å². The van der Waals surface area contributed by atoms with Crippen LogP contribution in [-0.2, 0) is 5.41 Å². The number of aliphatic hydroxyl groups excluding tert-OH is 1. The molecule has 0 spiro atoms. The van der Waals surface area contributed by atoms with E-state index >= 15 is 0 Å². The maximum Gasteiger partial charge on any atom is 0.339 e. The highest BCUT2D eigenvalue weighted by molar-refractivity contribution is 6.22. The van der Waals surface area contributed by atoms with Gasteiger partial charge in [0, 0.05) is 35.1 Å². The van der Waals surface area contributed by atoms with Crippen LogP contribution in [0.25, 0.3) is 10.9 Å². The summed E-state index contributed by atoms with van der Waals surface area (Å²) in [6.07, 6.45) is 0.505. The normalized spacial score (nSPS) is 14.1. The Hall–Kier alpha value is -3.63. The molecule has 1 aliphatic carbocycles. The Balaban J connectivity index is 1.94. The molecule has 0 saturated heterocycles. The van der Waals surface area contributed by atoms with Crippen LogP contribution in [0.3, 0.4) is 0 Å². The number of ketones is 1. The number of ether oxygens (including phenoxy) is 1. The molecule has 30 heavy (non-hydrogen) atoms. The van der Waals surface area contributed by atoms with Gasteiger partial charge in [-0.1, -0.05) is 19.9 Å². The van der Waals surface area contributed by atoms with Gasteiger partial charge in [0.25, 0.3) is 0 Å². The van der Waals surface area contributed by atoms with Crippen molar-refractivity contribution in [3.63, 3.8) is 0 Å². The van der Waals surface area contributed by atoms with Crippen molar-refractivity contribution in [3.8, 4) is 11.8 Å².